The van der Waals surface area contributed by atoms with E-state index in [1.54, 1.807) is 6.07 Å². The molecule has 1 fully saturated rings. The van der Waals surface area contributed by atoms with E-state index in [0.29, 0.717) is 10.0 Å². The maximum Gasteiger partial charge on any atom is 0.0671 e. The molecule has 3 aromatic rings. The summed E-state index contributed by atoms with van der Waals surface area (Å²) in [5, 5.41) is 1.15. The maximum absolute atomic E-state index is 6.38. The number of benzene rings is 2. The summed E-state index contributed by atoms with van der Waals surface area (Å²) in [5.74, 6) is 0. The fourth-order valence-electron chi connectivity index (χ4n) is 3.65. The van der Waals surface area contributed by atoms with Crippen LogP contribution in [0.2, 0.25) is 10.0 Å². The van der Waals surface area contributed by atoms with Crippen LogP contribution in [0.5, 0.6) is 0 Å². The van der Waals surface area contributed by atoms with Gasteiger partial charge in [0.25, 0.3) is 0 Å². The molecule has 0 N–H and O–H groups in total. The molecular weight excluding hydrogens is 389 g/mol. The van der Waals surface area contributed by atoms with Crippen molar-refractivity contribution in [2.24, 2.45) is 0 Å². The van der Waals surface area contributed by atoms with E-state index in [1.807, 2.05) is 24.5 Å². The Hall–Kier alpha value is -1.91. The SMILES string of the molecule is Clc1cccc(-c2cncc(CN3CCN(Cc4ccccc4)CC3)c2)c1Cl. The minimum Gasteiger partial charge on any atom is -0.297 e. The van der Waals surface area contributed by atoms with Gasteiger partial charge in [-0.2, -0.15) is 0 Å². The highest BCUT2D eigenvalue weighted by molar-refractivity contribution is 6.43. The van der Waals surface area contributed by atoms with Gasteiger partial charge in [-0.25, -0.2) is 0 Å². The average molecular weight is 412 g/mol. The summed E-state index contributed by atoms with van der Waals surface area (Å²) in [6.45, 7) is 6.23. The third-order valence-corrected chi connectivity index (χ3v) is 6.00. The molecule has 1 aromatic heterocycles. The van der Waals surface area contributed by atoms with Crippen LogP contribution in [0.1, 0.15) is 11.1 Å². The van der Waals surface area contributed by atoms with Crippen molar-refractivity contribution < 1.29 is 0 Å². The van der Waals surface area contributed by atoms with Crippen LogP contribution in [0.3, 0.4) is 0 Å². The molecule has 0 aliphatic carbocycles. The van der Waals surface area contributed by atoms with Gasteiger partial charge in [-0.15, -0.1) is 0 Å². The Morgan fingerprint density at radius 1 is 0.750 bits per heavy atom. The largest absolute Gasteiger partial charge is 0.297 e. The smallest absolute Gasteiger partial charge is 0.0671 e. The van der Waals surface area contributed by atoms with Crippen molar-refractivity contribution in [2.75, 3.05) is 26.2 Å². The minimum absolute atomic E-state index is 0.569. The number of nitrogens with zero attached hydrogens (tertiary/aromatic N) is 3. The zero-order valence-corrected chi connectivity index (χ0v) is 17.2. The molecule has 0 atom stereocenters. The number of hydrogen-bond donors (Lipinski definition) is 0. The van der Waals surface area contributed by atoms with Gasteiger partial charge in [-0.1, -0.05) is 65.7 Å². The summed E-state index contributed by atoms with van der Waals surface area (Å²) in [6.07, 6.45) is 3.79. The second-order valence-corrected chi connectivity index (χ2v) is 8.01. The third-order valence-electron chi connectivity index (χ3n) is 5.18. The number of rotatable bonds is 5. The number of piperazine rings is 1. The quantitative estimate of drug-likeness (QED) is 0.562. The Bertz CT molecular complexity index is 922. The molecule has 144 valence electrons. The Balaban J connectivity index is 1.37. The van der Waals surface area contributed by atoms with E-state index in [0.717, 1.165) is 50.4 Å². The predicted molar refractivity (Wildman–Crippen MR) is 117 cm³/mol. The fourth-order valence-corrected chi connectivity index (χ4v) is 4.06. The van der Waals surface area contributed by atoms with E-state index in [9.17, 15) is 0 Å². The standard InChI is InChI=1S/C23H23Cl2N3/c24-22-8-4-7-21(23(22)25)20-13-19(14-26-15-20)17-28-11-9-27(10-12-28)16-18-5-2-1-3-6-18/h1-8,13-15H,9-12,16-17H2. The van der Waals surface area contributed by atoms with E-state index in [-0.39, 0.29) is 0 Å². The van der Waals surface area contributed by atoms with Crippen molar-refractivity contribution in [3.8, 4) is 11.1 Å². The van der Waals surface area contributed by atoms with Gasteiger partial charge in [0.2, 0.25) is 0 Å². The predicted octanol–water partition coefficient (Wildman–Crippen LogP) is 5.37. The van der Waals surface area contributed by atoms with Gasteiger partial charge >= 0.3 is 0 Å². The van der Waals surface area contributed by atoms with Gasteiger partial charge in [-0.3, -0.25) is 14.8 Å². The molecule has 0 saturated carbocycles. The van der Waals surface area contributed by atoms with E-state index in [1.165, 1.54) is 11.1 Å². The Morgan fingerprint density at radius 3 is 2.14 bits per heavy atom. The van der Waals surface area contributed by atoms with Gasteiger partial charge in [0.15, 0.2) is 0 Å². The van der Waals surface area contributed by atoms with Crippen molar-refractivity contribution in [1.29, 1.82) is 0 Å². The van der Waals surface area contributed by atoms with Gasteiger partial charge < -0.3 is 0 Å². The lowest BCUT2D eigenvalue weighted by Gasteiger charge is -2.34. The second kappa shape index (κ2) is 9.06. The molecule has 0 bridgehead atoms. The Kier molecular flexibility index (Phi) is 6.28. The molecule has 28 heavy (non-hydrogen) atoms. The molecule has 0 spiro atoms. The number of pyridine rings is 1. The van der Waals surface area contributed by atoms with E-state index in [4.69, 9.17) is 23.2 Å². The van der Waals surface area contributed by atoms with Crippen molar-refractivity contribution in [2.45, 2.75) is 13.1 Å². The molecule has 4 rings (SSSR count). The van der Waals surface area contributed by atoms with Crippen molar-refractivity contribution in [1.82, 2.24) is 14.8 Å². The summed E-state index contributed by atoms with van der Waals surface area (Å²) in [7, 11) is 0. The first-order chi connectivity index (χ1) is 13.7. The van der Waals surface area contributed by atoms with Gasteiger partial charge in [0, 0.05) is 62.8 Å². The molecule has 5 heteroatoms. The van der Waals surface area contributed by atoms with Crippen LogP contribution in [0.4, 0.5) is 0 Å². The van der Waals surface area contributed by atoms with E-state index >= 15 is 0 Å². The molecule has 1 aliphatic rings. The van der Waals surface area contributed by atoms with Crippen LogP contribution in [-0.4, -0.2) is 41.0 Å². The molecule has 1 saturated heterocycles. The summed E-state index contributed by atoms with van der Waals surface area (Å²) < 4.78 is 0. The molecule has 0 unspecified atom stereocenters. The Morgan fingerprint density at radius 2 is 1.43 bits per heavy atom. The summed E-state index contributed by atoms with van der Waals surface area (Å²) in [5.41, 5.74) is 4.51. The van der Waals surface area contributed by atoms with Gasteiger partial charge in [0.05, 0.1) is 10.0 Å². The first-order valence-electron chi connectivity index (χ1n) is 9.56. The highest BCUT2D eigenvalue weighted by Gasteiger charge is 2.17. The lowest BCUT2D eigenvalue weighted by atomic mass is 10.1. The molecule has 2 aromatic carbocycles. The highest BCUT2D eigenvalue weighted by atomic mass is 35.5. The van der Waals surface area contributed by atoms with Crippen LogP contribution in [0.15, 0.2) is 67.0 Å². The monoisotopic (exact) mass is 411 g/mol. The molecule has 2 heterocycles. The zero-order chi connectivity index (χ0) is 19.3. The molecule has 0 radical (unpaired) electrons. The van der Waals surface area contributed by atoms with E-state index < -0.39 is 0 Å². The maximum atomic E-state index is 6.38. The number of hydrogen-bond acceptors (Lipinski definition) is 3. The molecule has 3 nitrogen and oxygen atoms in total. The van der Waals surface area contributed by atoms with Crippen LogP contribution in [-0.2, 0) is 13.1 Å². The van der Waals surface area contributed by atoms with Crippen LogP contribution in [0.25, 0.3) is 11.1 Å². The summed E-state index contributed by atoms with van der Waals surface area (Å²) >= 11 is 12.5. The lowest BCUT2D eigenvalue weighted by molar-refractivity contribution is 0.122. The normalized spacial score (nSPS) is 15.6. The second-order valence-electron chi connectivity index (χ2n) is 7.22. The summed E-state index contributed by atoms with van der Waals surface area (Å²) in [6, 6.07) is 18.6. The van der Waals surface area contributed by atoms with Crippen LogP contribution < -0.4 is 0 Å². The fraction of sp³-hybridized carbons (Fsp3) is 0.261. The van der Waals surface area contributed by atoms with Crippen LogP contribution >= 0.6 is 23.2 Å². The first-order valence-corrected chi connectivity index (χ1v) is 10.3. The van der Waals surface area contributed by atoms with Gasteiger partial charge in [0.1, 0.15) is 0 Å². The minimum atomic E-state index is 0.569. The third kappa shape index (κ3) is 4.73. The van der Waals surface area contributed by atoms with Crippen molar-refractivity contribution in [3.05, 3.63) is 88.2 Å². The molecular formula is C23H23Cl2N3. The number of halogens is 2. The first kappa shape index (κ1) is 19.4. The zero-order valence-electron chi connectivity index (χ0n) is 15.7. The average Bonchev–Trinajstić information content (AvgIpc) is 2.72. The molecule has 1 aliphatic heterocycles. The topological polar surface area (TPSA) is 19.4 Å². The Labute approximate surface area is 176 Å². The van der Waals surface area contributed by atoms with E-state index in [2.05, 4.69) is 51.2 Å². The van der Waals surface area contributed by atoms with Gasteiger partial charge in [-0.05, 0) is 23.3 Å². The molecule has 0 amide bonds. The van der Waals surface area contributed by atoms with Crippen molar-refractivity contribution >= 4 is 23.2 Å². The van der Waals surface area contributed by atoms with Crippen molar-refractivity contribution in [3.63, 3.8) is 0 Å². The summed E-state index contributed by atoms with van der Waals surface area (Å²) in [4.78, 5) is 9.44. The lowest BCUT2D eigenvalue weighted by Crippen LogP contribution is -2.45. The van der Waals surface area contributed by atoms with Crippen LogP contribution in [0, 0.1) is 0 Å². The number of aromatic nitrogens is 1. The highest BCUT2D eigenvalue weighted by Crippen LogP contribution is 2.33.